The van der Waals surface area contributed by atoms with Crippen molar-refractivity contribution in [3.8, 4) is 0 Å². The predicted molar refractivity (Wildman–Crippen MR) is 71.3 cm³/mol. The zero-order valence-electron chi connectivity index (χ0n) is 10.8. The van der Waals surface area contributed by atoms with Crippen LogP contribution < -0.4 is 16.6 Å². The lowest BCUT2D eigenvalue weighted by Gasteiger charge is -2.15. The van der Waals surface area contributed by atoms with Gasteiger partial charge in [0.1, 0.15) is 0 Å². The Balaban J connectivity index is 2.39. The van der Waals surface area contributed by atoms with Crippen LogP contribution in [0.15, 0.2) is 23.1 Å². The Morgan fingerprint density at radius 2 is 2.22 bits per heavy atom. The van der Waals surface area contributed by atoms with Crippen LogP contribution >= 0.6 is 0 Å². The average Bonchev–Trinajstić information content (AvgIpc) is 2.33. The lowest BCUT2D eigenvalue weighted by atomic mass is 10.3. The predicted octanol–water partition coefficient (Wildman–Crippen LogP) is -0.502. The number of carbonyl (C=O) groups excluding carboxylic acids is 1. The Morgan fingerprint density at radius 1 is 1.50 bits per heavy atom. The normalized spacial score (nSPS) is 10.6. The second-order valence-electron chi connectivity index (χ2n) is 4.26. The molecule has 0 saturated heterocycles. The Hall–Kier alpha value is -1.82. The molecule has 0 unspecified atom stereocenters. The molecule has 0 aliphatic carbocycles. The fraction of sp³-hybridized carbons (Fsp3) is 0.500. The summed E-state index contributed by atoms with van der Waals surface area (Å²) in [4.78, 5) is 24.5. The third kappa shape index (κ3) is 4.58. The highest BCUT2D eigenvalue weighted by molar-refractivity contribution is 5.77. The van der Waals surface area contributed by atoms with Crippen molar-refractivity contribution in [1.29, 1.82) is 0 Å². The quantitative estimate of drug-likeness (QED) is 0.715. The fourth-order valence-corrected chi connectivity index (χ4v) is 1.64. The number of nitrogens with two attached hydrogens (primary N) is 1. The van der Waals surface area contributed by atoms with Gasteiger partial charge in [-0.1, -0.05) is 0 Å². The lowest BCUT2D eigenvalue weighted by Crippen LogP contribution is -2.34. The summed E-state index contributed by atoms with van der Waals surface area (Å²) in [5.41, 5.74) is 6.14. The van der Waals surface area contributed by atoms with Crippen LogP contribution in [-0.4, -0.2) is 42.6 Å². The number of rotatable bonds is 6. The Bertz CT molecular complexity index is 456. The van der Waals surface area contributed by atoms with Gasteiger partial charge in [-0.3, -0.25) is 14.5 Å². The van der Waals surface area contributed by atoms with E-state index in [9.17, 15) is 9.59 Å². The number of amides is 1. The molecule has 0 aliphatic heterocycles. The highest BCUT2D eigenvalue weighted by Crippen LogP contribution is 1.97. The third-order valence-electron chi connectivity index (χ3n) is 2.64. The summed E-state index contributed by atoms with van der Waals surface area (Å²) in [6, 6.07) is 3.06. The largest absolute Gasteiger partial charge is 0.398 e. The summed E-state index contributed by atoms with van der Waals surface area (Å²) in [7, 11) is 3.49. The molecule has 0 aliphatic rings. The standard InChI is InChI=1S/C12H20N4O2/c1-14-11(17)9-15(2)6-3-7-16-8-10(13)4-5-12(16)18/h4-5,8H,3,6-7,9,13H2,1-2H3,(H,14,17). The van der Waals surface area contributed by atoms with Gasteiger partial charge in [0.15, 0.2) is 0 Å². The minimum Gasteiger partial charge on any atom is -0.398 e. The first-order valence-corrected chi connectivity index (χ1v) is 5.88. The van der Waals surface area contributed by atoms with Crippen molar-refractivity contribution in [2.75, 3.05) is 32.9 Å². The van der Waals surface area contributed by atoms with Gasteiger partial charge in [0, 0.05) is 38.1 Å². The molecule has 6 heteroatoms. The first-order chi connectivity index (χ1) is 8.52. The summed E-state index contributed by atoms with van der Waals surface area (Å²) in [6.07, 6.45) is 2.43. The summed E-state index contributed by atoms with van der Waals surface area (Å²) in [5, 5.41) is 2.57. The first kappa shape index (κ1) is 14.2. The number of pyridine rings is 1. The number of aromatic nitrogens is 1. The number of hydrogen-bond donors (Lipinski definition) is 2. The zero-order valence-corrected chi connectivity index (χ0v) is 10.8. The van der Waals surface area contributed by atoms with Crippen molar-refractivity contribution < 1.29 is 4.79 Å². The minimum absolute atomic E-state index is 0.0152. The van der Waals surface area contributed by atoms with Crippen LogP contribution in [0.2, 0.25) is 0 Å². The Morgan fingerprint density at radius 3 is 2.89 bits per heavy atom. The second kappa shape index (κ2) is 6.80. The average molecular weight is 252 g/mol. The van der Waals surface area contributed by atoms with Crippen molar-refractivity contribution in [3.63, 3.8) is 0 Å². The van der Waals surface area contributed by atoms with Gasteiger partial charge in [-0.05, 0) is 19.5 Å². The molecule has 0 radical (unpaired) electrons. The van der Waals surface area contributed by atoms with Crippen LogP contribution in [0.4, 0.5) is 5.69 Å². The molecule has 0 spiro atoms. The maximum absolute atomic E-state index is 11.5. The molecule has 1 amide bonds. The van der Waals surface area contributed by atoms with E-state index in [0.717, 1.165) is 13.0 Å². The molecule has 100 valence electrons. The molecular formula is C12H20N4O2. The van der Waals surface area contributed by atoms with Crippen molar-refractivity contribution in [1.82, 2.24) is 14.8 Å². The molecule has 1 heterocycles. The topological polar surface area (TPSA) is 80.4 Å². The number of nitrogens with one attached hydrogen (secondary N) is 1. The van der Waals surface area contributed by atoms with Crippen LogP contribution in [0.5, 0.6) is 0 Å². The molecule has 1 rings (SSSR count). The number of likely N-dealkylation sites (N-methyl/N-ethyl adjacent to an activating group) is 2. The summed E-state index contributed by atoms with van der Waals surface area (Å²) in [6.45, 7) is 1.71. The molecule has 0 atom stereocenters. The number of nitrogen functional groups attached to an aromatic ring is 1. The van der Waals surface area contributed by atoms with E-state index in [1.807, 2.05) is 11.9 Å². The van der Waals surface area contributed by atoms with E-state index in [2.05, 4.69) is 5.32 Å². The van der Waals surface area contributed by atoms with Crippen LogP contribution in [0, 0.1) is 0 Å². The SMILES string of the molecule is CNC(=O)CN(C)CCCn1cc(N)ccc1=O. The molecule has 0 fully saturated rings. The highest BCUT2D eigenvalue weighted by Gasteiger charge is 2.04. The minimum atomic E-state index is -0.0573. The fourth-order valence-electron chi connectivity index (χ4n) is 1.64. The first-order valence-electron chi connectivity index (χ1n) is 5.88. The van der Waals surface area contributed by atoms with Crippen LogP contribution in [0.3, 0.4) is 0 Å². The molecule has 0 bridgehead atoms. The van der Waals surface area contributed by atoms with E-state index in [4.69, 9.17) is 5.73 Å². The van der Waals surface area contributed by atoms with E-state index in [1.165, 1.54) is 6.07 Å². The summed E-state index contributed by atoms with van der Waals surface area (Å²) < 4.78 is 1.59. The maximum atomic E-state index is 11.5. The Kier molecular flexibility index (Phi) is 5.38. The summed E-state index contributed by atoms with van der Waals surface area (Å²) >= 11 is 0. The third-order valence-corrected chi connectivity index (χ3v) is 2.64. The summed E-state index contributed by atoms with van der Waals surface area (Å²) in [5.74, 6) is -0.0152. The van der Waals surface area contributed by atoms with Crippen molar-refractivity contribution in [2.24, 2.45) is 0 Å². The van der Waals surface area contributed by atoms with Gasteiger partial charge in [-0.15, -0.1) is 0 Å². The molecule has 18 heavy (non-hydrogen) atoms. The zero-order chi connectivity index (χ0) is 13.5. The second-order valence-corrected chi connectivity index (χ2v) is 4.26. The van der Waals surface area contributed by atoms with E-state index in [0.29, 0.717) is 18.8 Å². The van der Waals surface area contributed by atoms with Crippen molar-refractivity contribution in [2.45, 2.75) is 13.0 Å². The van der Waals surface area contributed by atoms with E-state index >= 15 is 0 Å². The van der Waals surface area contributed by atoms with Crippen LogP contribution in [-0.2, 0) is 11.3 Å². The van der Waals surface area contributed by atoms with Gasteiger partial charge in [-0.25, -0.2) is 0 Å². The number of aryl methyl sites for hydroxylation is 1. The number of carbonyl (C=O) groups is 1. The van der Waals surface area contributed by atoms with E-state index in [1.54, 1.807) is 23.9 Å². The monoisotopic (exact) mass is 252 g/mol. The van der Waals surface area contributed by atoms with Gasteiger partial charge in [-0.2, -0.15) is 0 Å². The van der Waals surface area contributed by atoms with Crippen LogP contribution in [0.25, 0.3) is 0 Å². The van der Waals surface area contributed by atoms with Gasteiger partial charge in [0.2, 0.25) is 5.91 Å². The Labute approximate surface area is 106 Å². The van der Waals surface area contributed by atoms with E-state index in [-0.39, 0.29) is 11.5 Å². The molecule has 3 N–H and O–H groups in total. The van der Waals surface area contributed by atoms with Gasteiger partial charge in [0.25, 0.3) is 5.56 Å². The van der Waals surface area contributed by atoms with Gasteiger partial charge < -0.3 is 15.6 Å². The molecule has 0 saturated carbocycles. The van der Waals surface area contributed by atoms with Crippen molar-refractivity contribution in [3.05, 3.63) is 28.7 Å². The molecular weight excluding hydrogens is 232 g/mol. The molecule has 1 aromatic rings. The molecule has 0 aromatic carbocycles. The van der Waals surface area contributed by atoms with E-state index < -0.39 is 0 Å². The van der Waals surface area contributed by atoms with Gasteiger partial charge >= 0.3 is 0 Å². The smallest absolute Gasteiger partial charge is 0.250 e. The molecule has 1 aromatic heterocycles. The number of hydrogen-bond acceptors (Lipinski definition) is 4. The van der Waals surface area contributed by atoms with Crippen molar-refractivity contribution >= 4 is 11.6 Å². The van der Waals surface area contributed by atoms with Crippen LogP contribution in [0.1, 0.15) is 6.42 Å². The number of anilines is 1. The van der Waals surface area contributed by atoms with Gasteiger partial charge in [0.05, 0.1) is 6.54 Å². The highest BCUT2D eigenvalue weighted by atomic mass is 16.2. The maximum Gasteiger partial charge on any atom is 0.250 e. The number of nitrogens with zero attached hydrogens (tertiary/aromatic N) is 2. The molecule has 6 nitrogen and oxygen atoms in total. The lowest BCUT2D eigenvalue weighted by molar-refractivity contribution is -0.121.